The summed E-state index contributed by atoms with van der Waals surface area (Å²) >= 11 is 4.48. The lowest BCUT2D eigenvalue weighted by Gasteiger charge is -2.12. The summed E-state index contributed by atoms with van der Waals surface area (Å²) in [6.07, 6.45) is 0. The van der Waals surface area contributed by atoms with Gasteiger partial charge in [-0.2, -0.15) is 0 Å². The van der Waals surface area contributed by atoms with Gasteiger partial charge in [0.05, 0.1) is 35.2 Å². The van der Waals surface area contributed by atoms with E-state index < -0.39 is 5.97 Å². The number of carbonyl (C=O) groups excluding carboxylic acids is 1. The normalized spacial score (nSPS) is 10.4. The van der Waals surface area contributed by atoms with Crippen LogP contribution in [0.4, 0.5) is 5.13 Å². The number of thiazole rings is 1. The predicted molar refractivity (Wildman–Crippen MR) is 85.8 cm³/mol. The van der Waals surface area contributed by atoms with Gasteiger partial charge in [0, 0.05) is 6.54 Å². The highest BCUT2D eigenvalue weighted by Gasteiger charge is 2.12. The molecular formula is C14H14BrN2O4S-. The van der Waals surface area contributed by atoms with Crippen LogP contribution in [-0.2, 0) is 6.54 Å². The van der Waals surface area contributed by atoms with Crippen molar-refractivity contribution in [1.29, 1.82) is 0 Å². The molecule has 0 aliphatic heterocycles. The molecule has 2 rings (SSSR count). The lowest BCUT2D eigenvalue weighted by atomic mass is 10.2. The minimum Gasteiger partial charge on any atom is -0.544 e. The largest absolute Gasteiger partial charge is 0.544 e. The van der Waals surface area contributed by atoms with Gasteiger partial charge in [-0.1, -0.05) is 11.3 Å². The van der Waals surface area contributed by atoms with Gasteiger partial charge < -0.3 is 24.7 Å². The number of nitrogens with zero attached hydrogens (tertiary/aromatic N) is 1. The van der Waals surface area contributed by atoms with Gasteiger partial charge in [0.1, 0.15) is 0 Å². The number of carboxylic acid groups (broad SMARTS) is 1. The SMILES string of the molecule is COc1cc(CNc2nc(C)c(C(=O)[O-])s2)cc(Br)c1OC. The van der Waals surface area contributed by atoms with Crippen molar-refractivity contribution in [2.24, 2.45) is 0 Å². The molecule has 0 radical (unpaired) electrons. The number of aromatic carboxylic acids is 1. The highest BCUT2D eigenvalue weighted by molar-refractivity contribution is 9.10. The van der Waals surface area contributed by atoms with Crippen molar-refractivity contribution in [2.75, 3.05) is 19.5 Å². The molecule has 0 aliphatic rings. The molecule has 1 heterocycles. The first-order valence-corrected chi connectivity index (χ1v) is 7.90. The van der Waals surface area contributed by atoms with Gasteiger partial charge in [0.15, 0.2) is 16.6 Å². The van der Waals surface area contributed by atoms with E-state index in [1.54, 1.807) is 21.1 Å². The number of aromatic nitrogens is 1. The fourth-order valence-corrected chi connectivity index (χ4v) is 3.36. The molecule has 1 aromatic heterocycles. The molecule has 6 nitrogen and oxygen atoms in total. The first kappa shape index (κ1) is 16.6. The van der Waals surface area contributed by atoms with Crippen LogP contribution in [0.15, 0.2) is 16.6 Å². The number of rotatable bonds is 6. The summed E-state index contributed by atoms with van der Waals surface area (Å²) < 4.78 is 11.3. The Balaban J connectivity index is 2.16. The lowest BCUT2D eigenvalue weighted by molar-refractivity contribution is -0.254. The summed E-state index contributed by atoms with van der Waals surface area (Å²) in [5.41, 5.74) is 1.38. The van der Waals surface area contributed by atoms with Gasteiger partial charge in [-0.25, -0.2) is 4.98 Å². The topological polar surface area (TPSA) is 83.5 Å². The smallest absolute Gasteiger partial charge is 0.183 e. The molecule has 0 saturated carbocycles. The third-order valence-electron chi connectivity index (χ3n) is 2.92. The summed E-state index contributed by atoms with van der Waals surface area (Å²) in [5.74, 6) is 0.0203. The van der Waals surface area contributed by atoms with Gasteiger partial charge in [0.2, 0.25) is 0 Å². The molecule has 2 aromatic rings. The number of benzene rings is 1. The average molecular weight is 386 g/mol. The highest BCUT2D eigenvalue weighted by Crippen LogP contribution is 2.36. The number of methoxy groups -OCH3 is 2. The molecule has 0 amide bonds. The maximum atomic E-state index is 10.9. The van der Waals surface area contributed by atoms with Crippen molar-refractivity contribution >= 4 is 38.4 Å². The van der Waals surface area contributed by atoms with Crippen LogP contribution < -0.4 is 19.9 Å². The van der Waals surface area contributed by atoms with Gasteiger partial charge in [-0.3, -0.25) is 0 Å². The second kappa shape index (κ2) is 6.97. The standard InChI is InChI=1S/C14H15BrN2O4S/c1-7-12(13(18)19)22-14(17-7)16-6-8-4-9(15)11(21-3)10(5-8)20-2/h4-5H,6H2,1-3H3,(H,16,17)(H,18,19)/p-1. The Morgan fingerprint density at radius 3 is 2.68 bits per heavy atom. The van der Waals surface area contributed by atoms with Crippen LogP contribution >= 0.6 is 27.3 Å². The number of nitrogens with one attached hydrogen (secondary N) is 1. The summed E-state index contributed by atoms with van der Waals surface area (Å²) in [7, 11) is 3.14. The Morgan fingerprint density at radius 1 is 1.41 bits per heavy atom. The van der Waals surface area contributed by atoms with Crippen LogP contribution in [0.25, 0.3) is 0 Å². The molecule has 118 valence electrons. The molecule has 1 aromatic carbocycles. The van der Waals surface area contributed by atoms with Crippen LogP contribution in [-0.4, -0.2) is 25.2 Å². The van der Waals surface area contributed by atoms with E-state index in [-0.39, 0.29) is 4.88 Å². The van der Waals surface area contributed by atoms with Crippen LogP contribution in [0, 0.1) is 6.92 Å². The Morgan fingerprint density at radius 2 is 2.14 bits per heavy atom. The van der Waals surface area contributed by atoms with Gasteiger partial charge in [0.25, 0.3) is 0 Å². The average Bonchev–Trinajstić information content (AvgIpc) is 2.85. The number of hydrogen-bond acceptors (Lipinski definition) is 7. The Kier molecular flexibility index (Phi) is 5.25. The monoisotopic (exact) mass is 385 g/mol. The number of halogens is 1. The first-order chi connectivity index (χ1) is 10.5. The number of carbonyl (C=O) groups is 1. The summed E-state index contributed by atoms with van der Waals surface area (Å²) in [6.45, 7) is 2.11. The van der Waals surface area contributed by atoms with Gasteiger partial charge in [-0.15, -0.1) is 0 Å². The van der Waals surface area contributed by atoms with Gasteiger partial charge >= 0.3 is 0 Å². The quantitative estimate of drug-likeness (QED) is 0.820. The Hall–Kier alpha value is -1.80. The molecular weight excluding hydrogens is 372 g/mol. The minimum atomic E-state index is -1.21. The second-order valence-electron chi connectivity index (χ2n) is 4.39. The molecule has 0 fully saturated rings. The third kappa shape index (κ3) is 3.50. The summed E-state index contributed by atoms with van der Waals surface area (Å²) in [5, 5.41) is 14.5. The van der Waals surface area contributed by atoms with Crippen molar-refractivity contribution in [3.8, 4) is 11.5 Å². The third-order valence-corrected chi connectivity index (χ3v) is 4.60. The highest BCUT2D eigenvalue weighted by atomic mass is 79.9. The van der Waals surface area contributed by atoms with Gasteiger partial charge in [-0.05, 0) is 40.5 Å². The van der Waals surface area contributed by atoms with Crippen molar-refractivity contribution in [2.45, 2.75) is 13.5 Å². The van der Waals surface area contributed by atoms with E-state index in [1.165, 1.54) is 0 Å². The predicted octanol–water partition coefficient (Wildman–Crippen LogP) is 2.21. The maximum Gasteiger partial charge on any atom is 0.183 e. The Bertz CT molecular complexity index is 702. The summed E-state index contributed by atoms with van der Waals surface area (Å²) in [6, 6.07) is 3.74. The molecule has 0 aliphatic carbocycles. The molecule has 0 saturated heterocycles. The van der Waals surface area contributed by atoms with Crippen LogP contribution in [0.2, 0.25) is 0 Å². The minimum absolute atomic E-state index is 0.135. The van der Waals surface area contributed by atoms with E-state index in [4.69, 9.17) is 9.47 Å². The molecule has 1 N–H and O–H groups in total. The van der Waals surface area contributed by atoms with E-state index >= 15 is 0 Å². The van der Waals surface area contributed by atoms with Crippen molar-refractivity contribution in [1.82, 2.24) is 4.98 Å². The first-order valence-electron chi connectivity index (χ1n) is 6.29. The zero-order valence-electron chi connectivity index (χ0n) is 12.2. The number of carboxylic acids is 1. The fraction of sp³-hybridized carbons (Fsp3) is 0.286. The zero-order chi connectivity index (χ0) is 16.3. The molecule has 22 heavy (non-hydrogen) atoms. The van der Waals surface area contributed by atoms with Crippen LogP contribution in [0.5, 0.6) is 11.5 Å². The van der Waals surface area contributed by atoms with Crippen molar-refractivity contribution < 1.29 is 19.4 Å². The molecule has 0 atom stereocenters. The van der Waals surface area contributed by atoms with E-state index in [2.05, 4.69) is 26.2 Å². The number of aryl methyl sites for hydroxylation is 1. The zero-order valence-corrected chi connectivity index (χ0v) is 14.6. The molecule has 0 spiro atoms. The molecule has 0 unspecified atom stereocenters. The van der Waals surface area contributed by atoms with E-state index in [0.29, 0.717) is 28.9 Å². The summed E-state index contributed by atoms with van der Waals surface area (Å²) in [4.78, 5) is 15.2. The van der Waals surface area contributed by atoms with E-state index in [0.717, 1.165) is 21.4 Å². The number of ether oxygens (including phenoxy) is 2. The van der Waals surface area contributed by atoms with E-state index in [9.17, 15) is 9.90 Å². The van der Waals surface area contributed by atoms with Crippen LogP contribution in [0.3, 0.4) is 0 Å². The lowest BCUT2D eigenvalue weighted by Crippen LogP contribution is -2.21. The molecule has 0 bridgehead atoms. The number of anilines is 1. The van der Waals surface area contributed by atoms with Crippen molar-refractivity contribution in [3.05, 3.63) is 32.7 Å². The number of hydrogen-bond donors (Lipinski definition) is 1. The fourth-order valence-electron chi connectivity index (χ4n) is 1.91. The maximum absolute atomic E-state index is 10.9. The molecule has 8 heteroatoms. The van der Waals surface area contributed by atoms with Crippen molar-refractivity contribution in [3.63, 3.8) is 0 Å². The van der Waals surface area contributed by atoms with Crippen LogP contribution in [0.1, 0.15) is 20.9 Å². The van der Waals surface area contributed by atoms with E-state index in [1.807, 2.05) is 12.1 Å². The Labute approximate surface area is 140 Å². The second-order valence-corrected chi connectivity index (χ2v) is 6.24.